The van der Waals surface area contributed by atoms with Crippen molar-refractivity contribution in [3.8, 4) is 0 Å². The van der Waals surface area contributed by atoms with Crippen molar-refractivity contribution in [2.75, 3.05) is 18.8 Å². The van der Waals surface area contributed by atoms with Crippen LogP contribution in [0.3, 0.4) is 0 Å². The van der Waals surface area contributed by atoms with Gasteiger partial charge in [-0.3, -0.25) is 0 Å². The van der Waals surface area contributed by atoms with Crippen molar-refractivity contribution >= 4 is 10.0 Å². The maximum Gasteiger partial charge on any atom is 0.214 e. The Morgan fingerprint density at radius 1 is 0.964 bits per heavy atom. The highest BCUT2D eigenvalue weighted by atomic mass is 32.2. The molecule has 1 saturated heterocycles. The molecule has 5 heteroatoms. The summed E-state index contributed by atoms with van der Waals surface area (Å²) in [6, 6.07) is 0. The predicted molar refractivity (Wildman–Crippen MR) is 111 cm³/mol. The van der Waals surface area contributed by atoms with E-state index in [9.17, 15) is 13.5 Å². The van der Waals surface area contributed by atoms with Gasteiger partial charge in [0.05, 0.1) is 11.9 Å². The predicted octanol–water partition coefficient (Wildman–Crippen LogP) is 4.19. The van der Waals surface area contributed by atoms with Crippen LogP contribution in [0.25, 0.3) is 0 Å². The standard InChI is InChI=1S/C23H39NO3S/c1-21(2)18-8-10-23(21,20(25)15-18)16-28(26,27)24-13-11-22(12-14-24)9-7-17-5-3-4-6-19(17)22/h17-20,25H,3-16H2,1-2H3/t17?,18-,19?,20-,23-/m1/s1. The van der Waals surface area contributed by atoms with E-state index < -0.39 is 21.5 Å². The molecule has 0 radical (unpaired) electrons. The molecule has 1 aliphatic heterocycles. The van der Waals surface area contributed by atoms with Crippen LogP contribution in [0.1, 0.15) is 84.5 Å². The highest BCUT2D eigenvalue weighted by Gasteiger charge is 2.65. The van der Waals surface area contributed by atoms with Crippen molar-refractivity contribution in [1.29, 1.82) is 0 Å². The highest BCUT2D eigenvalue weighted by Crippen LogP contribution is 2.66. The van der Waals surface area contributed by atoms with E-state index in [0.29, 0.717) is 24.4 Å². The molecule has 1 N–H and O–H groups in total. The molecular weight excluding hydrogens is 370 g/mol. The van der Waals surface area contributed by atoms with E-state index in [1.807, 2.05) is 0 Å². The summed E-state index contributed by atoms with van der Waals surface area (Å²) in [6.07, 6.45) is 12.7. The maximum absolute atomic E-state index is 13.5. The third kappa shape index (κ3) is 2.64. The lowest BCUT2D eigenvalue weighted by atomic mass is 9.65. The zero-order chi connectivity index (χ0) is 19.8. The zero-order valence-electron chi connectivity index (χ0n) is 17.8. The van der Waals surface area contributed by atoms with Crippen LogP contribution < -0.4 is 0 Å². The largest absolute Gasteiger partial charge is 0.392 e. The summed E-state index contributed by atoms with van der Waals surface area (Å²) in [5.41, 5.74) is -0.0787. The van der Waals surface area contributed by atoms with Gasteiger partial charge in [-0.05, 0) is 80.0 Å². The first-order chi connectivity index (χ1) is 13.2. The average Bonchev–Trinajstić information content (AvgIpc) is 3.19. The molecule has 0 amide bonds. The summed E-state index contributed by atoms with van der Waals surface area (Å²) in [5, 5.41) is 10.8. The number of fused-ring (bicyclic) bond motifs is 4. The molecule has 5 rings (SSSR count). The van der Waals surface area contributed by atoms with Crippen LogP contribution in [0.2, 0.25) is 0 Å². The molecule has 4 saturated carbocycles. The molecule has 4 nitrogen and oxygen atoms in total. The Labute approximate surface area is 171 Å². The van der Waals surface area contributed by atoms with Gasteiger partial charge in [0.15, 0.2) is 0 Å². The fraction of sp³-hybridized carbons (Fsp3) is 1.00. The quantitative estimate of drug-likeness (QED) is 0.760. The lowest BCUT2D eigenvalue weighted by Gasteiger charge is -2.46. The maximum atomic E-state index is 13.5. The van der Waals surface area contributed by atoms with Crippen molar-refractivity contribution in [2.45, 2.75) is 90.6 Å². The van der Waals surface area contributed by atoms with Gasteiger partial charge in [-0.25, -0.2) is 12.7 Å². The molecule has 28 heavy (non-hydrogen) atoms. The molecule has 5 fully saturated rings. The Bertz CT molecular complexity index is 724. The highest BCUT2D eigenvalue weighted by molar-refractivity contribution is 7.89. The van der Waals surface area contributed by atoms with Crippen LogP contribution in [-0.4, -0.2) is 42.8 Å². The van der Waals surface area contributed by atoms with Crippen LogP contribution in [0.15, 0.2) is 0 Å². The fourth-order valence-corrected chi connectivity index (χ4v) is 10.9. The summed E-state index contributed by atoms with van der Waals surface area (Å²) < 4.78 is 28.7. The Morgan fingerprint density at radius 2 is 1.68 bits per heavy atom. The molecule has 1 spiro atoms. The van der Waals surface area contributed by atoms with Crippen LogP contribution in [-0.2, 0) is 10.0 Å². The van der Waals surface area contributed by atoms with E-state index in [0.717, 1.165) is 43.9 Å². The van der Waals surface area contributed by atoms with E-state index in [1.54, 1.807) is 4.31 Å². The zero-order valence-corrected chi connectivity index (χ0v) is 18.6. The minimum absolute atomic E-state index is 0.0722. The van der Waals surface area contributed by atoms with Gasteiger partial charge in [0.1, 0.15) is 0 Å². The number of hydrogen-bond donors (Lipinski definition) is 1. The monoisotopic (exact) mass is 409 g/mol. The summed E-state index contributed by atoms with van der Waals surface area (Å²) >= 11 is 0. The van der Waals surface area contributed by atoms with E-state index in [-0.39, 0.29) is 11.2 Å². The van der Waals surface area contributed by atoms with Gasteiger partial charge in [-0.1, -0.05) is 33.1 Å². The van der Waals surface area contributed by atoms with Gasteiger partial charge < -0.3 is 5.11 Å². The second kappa shape index (κ2) is 6.43. The van der Waals surface area contributed by atoms with E-state index >= 15 is 0 Å². The lowest BCUT2D eigenvalue weighted by Crippen LogP contribution is -2.51. The molecule has 4 aliphatic carbocycles. The molecule has 0 aromatic rings. The smallest absolute Gasteiger partial charge is 0.214 e. The molecule has 2 bridgehead atoms. The van der Waals surface area contributed by atoms with Crippen molar-refractivity contribution in [2.24, 2.45) is 34.0 Å². The van der Waals surface area contributed by atoms with Crippen LogP contribution in [0.5, 0.6) is 0 Å². The molecule has 2 unspecified atom stereocenters. The number of aliphatic hydroxyl groups excluding tert-OH is 1. The van der Waals surface area contributed by atoms with E-state index in [2.05, 4.69) is 13.8 Å². The van der Waals surface area contributed by atoms with Gasteiger partial charge in [-0.2, -0.15) is 0 Å². The van der Waals surface area contributed by atoms with Crippen molar-refractivity contribution in [1.82, 2.24) is 4.31 Å². The van der Waals surface area contributed by atoms with E-state index in [4.69, 9.17) is 0 Å². The van der Waals surface area contributed by atoms with Gasteiger partial charge in [-0.15, -0.1) is 0 Å². The second-order valence-corrected chi connectivity index (χ2v) is 13.5. The molecule has 5 aliphatic rings. The van der Waals surface area contributed by atoms with Crippen molar-refractivity contribution in [3.05, 3.63) is 0 Å². The first kappa shape index (κ1) is 19.8. The normalized spacial score (nSPS) is 44.8. The topological polar surface area (TPSA) is 57.6 Å². The number of aliphatic hydroxyl groups is 1. The number of rotatable bonds is 3. The molecule has 1 heterocycles. The number of sulfonamides is 1. The van der Waals surface area contributed by atoms with Gasteiger partial charge in [0.25, 0.3) is 0 Å². The molecule has 0 aromatic carbocycles. The molecule has 0 aromatic heterocycles. The third-order valence-electron chi connectivity index (χ3n) is 10.6. The summed E-state index contributed by atoms with van der Waals surface area (Å²) in [7, 11) is -3.32. The van der Waals surface area contributed by atoms with E-state index in [1.165, 1.54) is 38.5 Å². The van der Waals surface area contributed by atoms with Crippen LogP contribution in [0, 0.1) is 34.0 Å². The van der Waals surface area contributed by atoms with Gasteiger partial charge >= 0.3 is 0 Å². The van der Waals surface area contributed by atoms with Crippen molar-refractivity contribution < 1.29 is 13.5 Å². The first-order valence-electron chi connectivity index (χ1n) is 11.9. The summed E-state index contributed by atoms with van der Waals surface area (Å²) in [4.78, 5) is 0. The Kier molecular flexibility index (Phi) is 4.55. The molecule has 160 valence electrons. The van der Waals surface area contributed by atoms with Gasteiger partial charge in [0.2, 0.25) is 10.0 Å². The number of hydrogen-bond acceptors (Lipinski definition) is 3. The minimum Gasteiger partial charge on any atom is -0.392 e. The lowest BCUT2D eigenvalue weighted by molar-refractivity contribution is 0.0136. The average molecular weight is 410 g/mol. The Morgan fingerprint density at radius 3 is 2.32 bits per heavy atom. The Balaban J connectivity index is 1.30. The SMILES string of the molecule is CC1(C)[C@@H]2CC[C@@]1(CS(=O)(=O)N1CCC3(CCC4CCCCC43)CC1)[C@H](O)C2. The van der Waals surface area contributed by atoms with Crippen LogP contribution >= 0.6 is 0 Å². The minimum atomic E-state index is -3.32. The van der Waals surface area contributed by atoms with Gasteiger partial charge in [0, 0.05) is 18.5 Å². The fourth-order valence-electron chi connectivity index (χ4n) is 8.64. The number of piperidine rings is 1. The summed E-state index contributed by atoms with van der Waals surface area (Å²) in [5.74, 6) is 2.41. The second-order valence-electron chi connectivity index (χ2n) is 11.6. The first-order valence-corrected chi connectivity index (χ1v) is 13.5. The molecular formula is C23H39NO3S. The van der Waals surface area contributed by atoms with Crippen molar-refractivity contribution in [3.63, 3.8) is 0 Å². The number of nitrogens with zero attached hydrogens (tertiary/aromatic N) is 1. The molecule has 5 atom stereocenters. The third-order valence-corrected chi connectivity index (χ3v) is 12.7. The van der Waals surface area contributed by atoms with Crippen LogP contribution in [0.4, 0.5) is 0 Å². The summed E-state index contributed by atoms with van der Waals surface area (Å²) in [6.45, 7) is 5.82. The Hall–Kier alpha value is -0.130.